The Hall–Kier alpha value is -2.05. The molecule has 0 aromatic carbocycles. The van der Waals surface area contributed by atoms with Gasteiger partial charge >= 0.3 is 6.03 Å². The number of carbonyl (C=O) groups is 1. The van der Waals surface area contributed by atoms with Crippen LogP contribution in [0.2, 0.25) is 0 Å². The van der Waals surface area contributed by atoms with Crippen LogP contribution in [0.5, 0.6) is 0 Å². The molecule has 0 spiro atoms. The highest BCUT2D eigenvalue weighted by Gasteiger charge is 2.25. The van der Waals surface area contributed by atoms with Crippen LogP contribution in [0.3, 0.4) is 0 Å². The van der Waals surface area contributed by atoms with E-state index < -0.39 is 0 Å². The van der Waals surface area contributed by atoms with Crippen molar-refractivity contribution in [2.45, 2.75) is 25.7 Å². The predicted octanol–water partition coefficient (Wildman–Crippen LogP) is 0.483. The first-order valence-electron chi connectivity index (χ1n) is 7.51. The van der Waals surface area contributed by atoms with E-state index in [1.54, 1.807) is 18.8 Å². The topological polar surface area (TPSA) is 56.0 Å². The first kappa shape index (κ1) is 14.9. The molecule has 2 aromatic heterocycles. The quantitative estimate of drug-likeness (QED) is 0.772. The van der Waals surface area contributed by atoms with E-state index in [1.807, 2.05) is 19.3 Å². The van der Waals surface area contributed by atoms with Crippen LogP contribution in [0.25, 0.3) is 0 Å². The number of rotatable bonds is 4. The molecule has 0 bridgehead atoms. The summed E-state index contributed by atoms with van der Waals surface area (Å²) in [6, 6.07) is 1.88. The van der Waals surface area contributed by atoms with E-state index in [4.69, 9.17) is 7.85 Å². The fourth-order valence-electron chi connectivity index (χ4n) is 2.56. The second kappa shape index (κ2) is 5.63. The molecule has 0 unspecified atom stereocenters. The Morgan fingerprint density at radius 2 is 2.14 bits per heavy atom. The number of hydrogen-bond donors (Lipinski definition) is 0. The molecule has 1 fully saturated rings. The molecule has 2 heterocycles. The third-order valence-corrected chi connectivity index (χ3v) is 3.90. The van der Waals surface area contributed by atoms with Crippen LogP contribution < -0.4 is 5.59 Å². The summed E-state index contributed by atoms with van der Waals surface area (Å²) < 4.78 is 3.18. The lowest BCUT2D eigenvalue weighted by Crippen LogP contribution is -2.30. The fourth-order valence-corrected chi connectivity index (χ4v) is 2.56. The Bertz CT molecular complexity index is 699. The summed E-state index contributed by atoms with van der Waals surface area (Å²) in [5.41, 5.74) is 3.24. The summed E-state index contributed by atoms with van der Waals surface area (Å²) in [6.07, 6.45) is 5.91. The van der Waals surface area contributed by atoms with Crippen molar-refractivity contribution in [3.05, 3.63) is 29.2 Å². The smallest absolute Gasteiger partial charge is 0.329 e. The van der Waals surface area contributed by atoms with Crippen LogP contribution in [0.1, 0.15) is 29.8 Å². The highest BCUT2D eigenvalue weighted by atomic mass is 16.2. The van der Waals surface area contributed by atoms with Gasteiger partial charge in [-0.3, -0.25) is 4.68 Å². The molecule has 2 radical (unpaired) electrons. The van der Waals surface area contributed by atoms with E-state index in [-0.39, 0.29) is 6.03 Å². The van der Waals surface area contributed by atoms with Crippen molar-refractivity contribution < 1.29 is 4.79 Å². The van der Waals surface area contributed by atoms with Gasteiger partial charge in [-0.25, -0.2) is 4.79 Å². The maximum absolute atomic E-state index is 12.3. The predicted molar refractivity (Wildman–Crippen MR) is 84.5 cm³/mol. The lowest BCUT2D eigenvalue weighted by atomic mass is 9.97. The van der Waals surface area contributed by atoms with E-state index in [2.05, 4.69) is 10.2 Å². The zero-order valence-electron chi connectivity index (χ0n) is 13.3. The van der Waals surface area contributed by atoms with Crippen molar-refractivity contribution in [2.75, 3.05) is 14.1 Å². The van der Waals surface area contributed by atoms with E-state index in [1.165, 1.54) is 22.4 Å². The van der Waals surface area contributed by atoms with Crippen LogP contribution >= 0.6 is 0 Å². The van der Waals surface area contributed by atoms with E-state index >= 15 is 0 Å². The van der Waals surface area contributed by atoms with Crippen molar-refractivity contribution in [3.63, 3.8) is 0 Å². The zero-order valence-corrected chi connectivity index (χ0v) is 13.3. The largest absolute Gasteiger partial charge is 0.344 e. The van der Waals surface area contributed by atoms with Gasteiger partial charge in [0, 0.05) is 39.4 Å². The molecule has 0 aliphatic heterocycles. The Balaban J connectivity index is 1.91. The molecule has 3 rings (SSSR count). The van der Waals surface area contributed by atoms with Gasteiger partial charge in [-0.15, -0.1) is 0 Å². The maximum atomic E-state index is 12.3. The maximum Gasteiger partial charge on any atom is 0.344 e. The average molecular weight is 297 g/mol. The molecule has 1 saturated carbocycles. The van der Waals surface area contributed by atoms with Gasteiger partial charge in [0.1, 0.15) is 7.85 Å². The van der Waals surface area contributed by atoms with E-state index in [0.29, 0.717) is 12.0 Å². The van der Waals surface area contributed by atoms with Crippen molar-refractivity contribution in [3.8, 4) is 0 Å². The lowest BCUT2D eigenvalue weighted by Gasteiger charge is -2.12. The van der Waals surface area contributed by atoms with Gasteiger partial charge in [0.15, 0.2) is 0 Å². The fraction of sp³-hybridized carbons (Fsp3) is 0.533. The van der Waals surface area contributed by atoms with Gasteiger partial charge in [-0.2, -0.15) is 14.9 Å². The van der Waals surface area contributed by atoms with Crippen molar-refractivity contribution in [1.29, 1.82) is 0 Å². The van der Waals surface area contributed by atoms with Gasteiger partial charge in [0.05, 0.1) is 11.4 Å². The molecular weight excluding hydrogens is 277 g/mol. The lowest BCUT2D eigenvalue weighted by molar-refractivity contribution is 0.215. The summed E-state index contributed by atoms with van der Waals surface area (Å²) >= 11 is 0. The monoisotopic (exact) mass is 297 g/mol. The molecule has 0 N–H and O–H groups in total. The van der Waals surface area contributed by atoms with Crippen LogP contribution in [0.15, 0.2) is 12.3 Å². The van der Waals surface area contributed by atoms with E-state index in [0.717, 1.165) is 29.3 Å². The molecule has 0 atom stereocenters. The molecule has 1 aliphatic carbocycles. The van der Waals surface area contributed by atoms with Gasteiger partial charge in [-0.1, -0.05) is 0 Å². The molecule has 1 aliphatic rings. The van der Waals surface area contributed by atoms with Gasteiger partial charge in [0.2, 0.25) is 0 Å². The van der Waals surface area contributed by atoms with Crippen molar-refractivity contribution in [1.82, 2.24) is 24.5 Å². The Labute approximate surface area is 131 Å². The molecule has 7 heteroatoms. The second-order valence-electron chi connectivity index (χ2n) is 6.25. The first-order valence-corrected chi connectivity index (χ1v) is 7.51. The Morgan fingerprint density at radius 1 is 1.41 bits per heavy atom. The first-order chi connectivity index (χ1) is 10.4. The van der Waals surface area contributed by atoms with Crippen LogP contribution in [-0.2, 0) is 19.9 Å². The Morgan fingerprint density at radius 3 is 2.68 bits per heavy atom. The number of amides is 1. The molecule has 1 amide bonds. The highest BCUT2D eigenvalue weighted by Crippen LogP contribution is 2.32. The standard InChI is InChI=1S/C15H20BN5O/c1-19(2)15(22)21-13(7-11-9-20(3)18-14(11)16)8-12(17-21)6-10-4-5-10/h8-10H,4-7H2,1-3H3. The molecular formula is C15H20BN5O. The summed E-state index contributed by atoms with van der Waals surface area (Å²) in [4.78, 5) is 13.9. The molecule has 22 heavy (non-hydrogen) atoms. The van der Waals surface area contributed by atoms with Gasteiger partial charge < -0.3 is 4.90 Å². The molecule has 2 aromatic rings. The van der Waals surface area contributed by atoms with Crippen molar-refractivity contribution in [2.24, 2.45) is 13.0 Å². The molecule has 0 saturated heterocycles. The number of aromatic nitrogens is 4. The minimum atomic E-state index is -0.139. The zero-order chi connectivity index (χ0) is 15.9. The number of nitrogens with zero attached hydrogens (tertiary/aromatic N) is 5. The van der Waals surface area contributed by atoms with Crippen LogP contribution in [0.4, 0.5) is 4.79 Å². The molecule has 6 nitrogen and oxygen atoms in total. The normalized spacial score (nSPS) is 14.3. The summed E-state index contributed by atoms with van der Waals surface area (Å²) in [6.45, 7) is 0. The Kier molecular flexibility index (Phi) is 3.80. The minimum Gasteiger partial charge on any atom is -0.329 e. The van der Waals surface area contributed by atoms with Crippen molar-refractivity contribution >= 4 is 19.5 Å². The second-order valence-corrected chi connectivity index (χ2v) is 6.25. The highest BCUT2D eigenvalue weighted by molar-refractivity contribution is 6.31. The third-order valence-electron chi connectivity index (χ3n) is 3.90. The molecule has 114 valence electrons. The number of aryl methyl sites for hydroxylation is 1. The number of hydrogen-bond acceptors (Lipinski definition) is 3. The SMILES string of the molecule is [B]c1nn(C)cc1Cc1cc(CC2CC2)nn1C(=O)N(C)C. The summed E-state index contributed by atoms with van der Waals surface area (Å²) in [5.74, 6) is 0.731. The van der Waals surface area contributed by atoms with Crippen LogP contribution in [-0.4, -0.2) is 52.4 Å². The number of carbonyl (C=O) groups excluding carboxylic acids is 1. The summed E-state index contributed by atoms with van der Waals surface area (Å²) in [5, 5.41) is 8.65. The van der Waals surface area contributed by atoms with Gasteiger partial charge in [0.25, 0.3) is 0 Å². The van der Waals surface area contributed by atoms with Gasteiger partial charge in [-0.05, 0) is 36.8 Å². The summed E-state index contributed by atoms with van der Waals surface area (Å²) in [7, 11) is 11.2. The average Bonchev–Trinajstić information content (AvgIpc) is 3.08. The van der Waals surface area contributed by atoms with Crippen LogP contribution in [0, 0.1) is 5.92 Å². The van der Waals surface area contributed by atoms with E-state index in [9.17, 15) is 4.79 Å². The third kappa shape index (κ3) is 3.08. The minimum absolute atomic E-state index is 0.139.